The van der Waals surface area contributed by atoms with Gasteiger partial charge in [-0.3, -0.25) is 21.0 Å². The number of nitrogens with two attached hydrogens (primary N) is 1. The summed E-state index contributed by atoms with van der Waals surface area (Å²) in [6.07, 6.45) is 2.23. The third kappa shape index (κ3) is 5.03. The lowest BCUT2D eigenvalue weighted by Crippen LogP contribution is -2.38. The summed E-state index contributed by atoms with van der Waals surface area (Å²) >= 11 is 4.53. The number of allylic oxidation sites excluding steroid dienone is 1. The summed E-state index contributed by atoms with van der Waals surface area (Å²) in [5.74, 6) is 0. The van der Waals surface area contributed by atoms with E-state index in [4.69, 9.17) is 5.73 Å². The molecule has 0 atom stereocenters. The molecule has 1 rings (SSSR count). The monoisotopic (exact) mass is 265 g/mol. The maximum Gasteiger partial charge on any atom is 0.304 e. The number of aliphatic imine (C=N–C) groups is 1. The number of para-hydroxylation sites is 1. The second-order valence-electron chi connectivity index (χ2n) is 3.05. The predicted octanol–water partition coefficient (Wildman–Crippen LogP) is 0.845. The molecule has 0 radical (unpaired) electrons. The molecule has 0 unspecified atom stereocenters. The molecular weight excluding hydrogens is 254 g/mol. The highest BCUT2D eigenvalue weighted by Gasteiger charge is 2.06. The van der Waals surface area contributed by atoms with Gasteiger partial charge in [0, 0.05) is 0 Å². The largest absolute Gasteiger partial charge is 0.375 e. The maximum absolute atomic E-state index is 10.7. The van der Waals surface area contributed by atoms with Crippen molar-refractivity contribution in [2.24, 2.45) is 10.7 Å². The Morgan fingerprint density at radius 2 is 2.11 bits per heavy atom. The van der Waals surface area contributed by atoms with Gasteiger partial charge in [0.15, 0.2) is 5.11 Å². The van der Waals surface area contributed by atoms with E-state index in [9.17, 15) is 10.1 Å². The van der Waals surface area contributed by atoms with E-state index >= 15 is 0 Å². The van der Waals surface area contributed by atoms with E-state index in [0.29, 0.717) is 5.69 Å². The Bertz CT molecular complexity index is 486. The highest BCUT2D eigenvalue weighted by Crippen LogP contribution is 2.09. The van der Waals surface area contributed by atoms with Crippen LogP contribution in [0, 0.1) is 10.1 Å². The molecule has 0 aliphatic carbocycles. The van der Waals surface area contributed by atoms with Crippen LogP contribution in [-0.2, 0) is 0 Å². The highest BCUT2D eigenvalue weighted by atomic mass is 32.1. The van der Waals surface area contributed by atoms with Gasteiger partial charge in [-0.25, -0.2) is 4.99 Å². The fourth-order valence-electron chi connectivity index (χ4n) is 0.973. The molecule has 1 aromatic carbocycles. The summed E-state index contributed by atoms with van der Waals surface area (Å²) in [4.78, 5) is 14.1. The lowest BCUT2D eigenvalue weighted by atomic mass is 10.3. The maximum atomic E-state index is 10.7. The average Bonchev–Trinajstić information content (AvgIpc) is 2.34. The van der Waals surface area contributed by atoms with E-state index in [-0.39, 0.29) is 10.8 Å². The van der Waals surface area contributed by atoms with Gasteiger partial charge >= 0.3 is 5.70 Å². The summed E-state index contributed by atoms with van der Waals surface area (Å²) in [6.45, 7) is 0. The normalized spacial score (nSPS) is 11.2. The van der Waals surface area contributed by atoms with Crippen molar-refractivity contribution in [3.8, 4) is 0 Å². The molecule has 0 amide bonds. The van der Waals surface area contributed by atoms with E-state index in [1.807, 2.05) is 6.07 Å². The van der Waals surface area contributed by atoms with E-state index in [0.717, 1.165) is 12.4 Å². The first-order valence-electron chi connectivity index (χ1n) is 4.84. The molecule has 7 nitrogen and oxygen atoms in total. The summed E-state index contributed by atoms with van der Waals surface area (Å²) in [5.41, 5.74) is 10.3. The fourth-order valence-corrected chi connectivity index (χ4v) is 1.03. The van der Waals surface area contributed by atoms with Crippen molar-refractivity contribution in [3.63, 3.8) is 0 Å². The van der Waals surface area contributed by atoms with Crippen LogP contribution in [0.25, 0.3) is 0 Å². The molecule has 0 spiro atoms. The second kappa shape index (κ2) is 6.97. The summed E-state index contributed by atoms with van der Waals surface area (Å²) in [7, 11) is 0. The van der Waals surface area contributed by atoms with Crippen molar-refractivity contribution in [2.75, 3.05) is 0 Å². The minimum atomic E-state index is -0.583. The van der Waals surface area contributed by atoms with Gasteiger partial charge in [-0.15, -0.1) is 0 Å². The number of hydrazine groups is 1. The van der Waals surface area contributed by atoms with Gasteiger partial charge in [-0.05, 0) is 24.4 Å². The van der Waals surface area contributed by atoms with Crippen molar-refractivity contribution in [3.05, 3.63) is 52.3 Å². The fraction of sp³-hybridized carbons (Fsp3) is 0. The molecule has 94 valence electrons. The van der Waals surface area contributed by atoms with Gasteiger partial charge < -0.3 is 5.73 Å². The predicted molar refractivity (Wildman–Crippen MR) is 72.7 cm³/mol. The van der Waals surface area contributed by atoms with Crippen LogP contribution in [0.15, 0.2) is 47.2 Å². The number of hydrogen-bond donors (Lipinski definition) is 3. The number of hydrogen-bond acceptors (Lipinski definition) is 5. The Hall–Kier alpha value is -2.48. The standard InChI is InChI=1S/C10H11N5O2S/c11-10(18)14-13-7-9(15(16)17)6-12-8-4-2-1-3-5-8/h1-7,13H,(H3,11,14,18)/b9-7-,12-6?. The Balaban J connectivity index is 2.72. The molecule has 0 aromatic heterocycles. The Labute approximate surface area is 109 Å². The van der Waals surface area contributed by atoms with Crippen LogP contribution in [0.5, 0.6) is 0 Å². The second-order valence-corrected chi connectivity index (χ2v) is 3.49. The van der Waals surface area contributed by atoms with E-state index in [1.165, 1.54) is 0 Å². The number of benzene rings is 1. The minimum absolute atomic E-state index is 0.0195. The molecule has 18 heavy (non-hydrogen) atoms. The molecule has 0 fully saturated rings. The van der Waals surface area contributed by atoms with Crippen LogP contribution < -0.4 is 16.6 Å². The van der Waals surface area contributed by atoms with Gasteiger partial charge in [0.05, 0.1) is 16.8 Å². The lowest BCUT2D eigenvalue weighted by Gasteiger charge is -2.00. The van der Waals surface area contributed by atoms with Gasteiger partial charge in [0.1, 0.15) is 6.21 Å². The number of nitro groups is 1. The van der Waals surface area contributed by atoms with Crippen molar-refractivity contribution >= 4 is 29.2 Å². The molecule has 8 heteroatoms. The van der Waals surface area contributed by atoms with Crippen LogP contribution in [0.4, 0.5) is 5.69 Å². The van der Waals surface area contributed by atoms with Crippen LogP contribution in [0.2, 0.25) is 0 Å². The number of nitrogens with zero attached hydrogens (tertiary/aromatic N) is 2. The molecule has 0 aliphatic rings. The zero-order valence-corrected chi connectivity index (χ0v) is 10.1. The zero-order chi connectivity index (χ0) is 13.4. The Kier molecular flexibility index (Phi) is 5.26. The zero-order valence-electron chi connectivity index (χ0n) is 9.24. The first-order chi connectivity index (χ1) is 8.59. The quantitative estimate of drug-likeness (QED) is 0.315. The first-order valence-corrected chi connectivity index (χ1v) is 5.25. The number of rotatable bonds is 5. The first kappa shape index (κ1) is 13.6. The summed E-state index contributed by atoms with van der Waals surface area (Å²) in [6, 6.07) is 8.87. The lowest BCUT2D eigenvalue weighted by molar-refractivity contribution is -0.414. The topological polar surface area (TPSA) is 106 Å². The van der Waals surface area contributed by atoms with Gasteiger partial charge in [-0.1, -0.05) is 18.2 Å². The number of thiocarbonyl (C=S) groups is 1. The van der Waals surface area contributed by atoms with Gasteiger partial charge in [-0.2, -0.15) is 0 Å². The molecule has 1 aromatic rings. The molecule has 0 heterocycles. The molecule has 0 aliphatic heterocycles. The average molecular weight is 265 g/mol. The molecule has 4 N–H and O–H groups in total. The van der Waals surface area contributed by atoms with Crippen LogP contribution in [-0.4, -0.2) is 16.3 Å². The Morgan fingerprint density at radius 1 is 1.44 bits per heavy atom. The van der Waals surface area contributed by atoms with Crippen molar-refractivity contribution in [2.45, 2.75) is 0 Å². The van der Waals surface area contributed by atoms with Crippen LogP contribution in [0.3, 0.4) is 0 Å². The van der Waals surface area contributed by atoms with Gasteiger partial charge in [0.25, 0.3) is 0 Å². The number of nitrogens with one attached hydrogen (secondary N) is 2. The van der Waals surface area contributed by atoms with Crippen LogP contribution >= 0.6 is 12.2 Å². The molecule has 0 saturated carbocycles. The smallest absolute Gasteiger partial charge is 0.304 e. The van der Waals surface area contributed by atoms with E-state index in [1.54, 1.807) is 24.3 Å². The van der Waals surface area contributed by atoms with Crippen molar-refractivity contribution in [1.29, 1.82) is 0 Å². The Morgan fingerprint density at radius 3 is 2.67 bits per heavy atom. The molecule has 0 bridgehead atoms. The molecular formula is C10H11N5O2S. The third-order valence-corrected chi connectivity index (χ3v) is 1.83. The van der Waals surface area contributed by atoms with Gasteiger partial charge in [0.2, 0.25) is 0 Å². The third-order valence-electron chi connectivity index (χ3n) is 1.73. The van der Waals surface area contributed by atoms with Crippen molar-refractivity contribution in [1.82, 2.24) is 10.9 Å². The van der Waals surface area contributed by atoms with E-state index in [2.05, 4.69) is 28.1 Å². The van der Waals surface area contributed by atoms with Crippen LogP contribution in [0.1, 0.15) is 0 Å². The van der Waals surface area contributed by atoms with E-state index < -0.39 is 4.92 Å². The summed E-state index contributed by atoms with van der Waals surface area (Å²) in [5, 5.41) is 10.7. The summed E-state index contributed by atoms with van der Waals surface area (Å²) < 4.78 is 0. The molecule has 0 saturated heterocycles. The van der Waals surface area contributed by atoms with Crippen molar-refractivity contribution < 1.29 is 4.92 Å². The highest BCUT2D eigenvalue weighted by molar-refractivity contribution is 7.80. The minimum Gasteiger partial charge on any atom is -0.375 e. The SMILES string of the molecule is NC(=S)NN/C=C(/C=Nc1ccccc1)[N+](=O)[O-].